The summed E-state index contributed by atoms with van der Waals surface area (Å²) < 4.78 is 7.48. The molecule has 0 amide bonds. The smallest absolute Gasteiger partial charge is 0.164 e. The van der Waals surface area contributed by atoms with Gasteiger partial charge in [0, 0.05) is 27.1 Å². The van der Waals surface area contributed by atoms with Crippen molar-refractivity contribution < 1.29 is 4.74 Å². The maximum atomic E-state index is 6.78. The van der Waals surface area contributed by atoms with Crippen LogP contribution in [0.2, 0.25) is 5.02 Å². The zero-order valence-electron chi connectivity index (χ0n) is 18.4. The quantitative estimate of drug-likeness (QED) is 0.272. The lowest BCUT2D eigenvalue weighted by Gasteiger charge is -2.13. The molecule has 4 aromatic carbocycles. The number of fused-ring (bicyclic) bond motifs is 2. The molecule has 2 heterocycles. The monoisotopic (exact) mass is 461 g/mol. The van der Waals surface area contributed by atoms with Crippen LogP contribution in [0.25, 0.3) is 50.0 Å². The van der Waals surface area contributed by atoms with E-state index < -0.39 is 0 Å². The van der Waals surface area contributed by atoms with Gasteiger partial charge in [-0.3, -0.25) is 0 Å². The molecule has 0 bridgehead atoms. The Kier molecular flexibility index (Phi) is 5.01. The summed E-state index contributed by atoms with van der Waals surface area (Å²) in [6, 6.07) is 34.1. The van der Waals surface area contributed by atoms with E-state index in [2.05, 4.69) is 12.1 Å². The second kappa shape index (κ2) is 8.32. The summed E-state index contributed by atoms with van der Waals surface area (Å²) in [4.78, 5) is 5.09. The normalized spacial score (nSPS) is 11.2. The molecule has 0 saturated carbocycles. The second-order valence-corrected chi connectivity index (χ2v) is 8.42. The van der Waals surface area contributed by atoms with Crippen LogP contribution in [-0.4, -0.2) is 21.9 Å². The van der Waals surface area contributed by atoms with Crippen molar-refractivity contribution in [1.82, 2.24) is 14.8 Å². The maximum absolute atomic E-state index is 6.78. The molecule has 0 unspecified atom stereocenters. The SMILES string of the molecule is COc1ccc2nc3c(c(-c4ccccc4)nn3-c3ccccc3)c(-c3ccccc3Cl)c2c1. The first-order valence-electron chi connectivity index (χ1n) is 11.0. The van der Waals surface area contributed by atoms with E-state index in [1.807, 2.05) is 95.7 Å². The molecular formula is C29H20ClN3O. The Morgan fingerprint density at radius 2 is 1.50 bits per heavy atom. The van der Waals surface area contributed by atoms with Gasteiger partial charge in [0.1, 0.15) is 11.4 Å². The molecule has 0 radical (unpaired) electrons. The van der Waals surface area contributed by atoms with Crippen molar-refractivity contribution in [3.63, 3.8) is 0 Å². The van der Waals surface area contributed by atoms with Gasteiger partial charge >= 0.3 is 0 Å². The summed E-state index contributed by atoms with van der Waals surface area (Å²) >= 11 is 6.78. The minimum Gasteiger partial charge on any atom is -0.497 e. The minimum absolute atomic E-state index is 0.672. The Labute approximate surface area is 202 Å². The van der Waals surface area contributed by atoms with Gasteiger partial charge in [0.25, 0.3) is 0 Å². The maximum Gasteiger partial charge on any atom is 0.164 e. The van der Waals surface area contributed by atoms with Crippen molar-refractivity contribution >= 4 is 33.5 Å². The molecule has 0 saturated heterocycles. The number of para-hydroxylation sites is 1. The third-order valence-electron chi connectivity index (χ3n) is 6.00. The molecule has 5 heteroatoms. The fraction of sp³-hybridized carbons (Fsp3) is 0.0345. The van der Waals surface area contributed by atoms with Gasteiger partial charge in [-0.05, 0) is 36.4 Å². The van der Waals surface area contributed by atoms with Crippen LogP contribution in [0.15, 0.2) is 103 Å². The minimum atomic E-state index is 0.672. The highest BCUT2D eigenvalue weighted by atomic mass is 35.5. The fourth-order valence-electron chi connectivity index (χ4n) is 4.42. The van der Waals surface area contributed by atoms with Gasteiger partial charge in [-0.2, -0.15) is 5.10 Å². The molecule has 2 aromatic heterocycles. The number of ether oxygens (including phenoxy) is 1. The molecule has 0 spiro atoms. The van der Waals surface area contributed by atoms with Gasteiger partial charge in [-0.1, -0.05) is 78.3 Å². The number of nitrogens with zero attached hydrogens (tertiary/aromatic N) is 3. The van der Waals surface area contributed by atoms with E-state index in [1.165, 1.54) is 0 Å². The van der Waals surface area contributed by atoms with E-state index in [0.29, 0.717) is 5.02 Å². The van der Waals surface area contributed by atoms with Crippen LogP contribution in [0.5, 0.6) is 5.75 Å². The molecule has 0 N–H and O–H groups in total. The van der Waals surface area contributed by atoms with Crippen LogP contribution in [0.4, 0.5) is 0 Å². The lowest BCUT2D eigenvalue weighted by atomic mass is 9.95. The number of benzene rings is 4. The number of pyridine rings is 1. The summed E-state index contributed by atoms with van der Waals surface area (Å²) in [6.45, 7) is 0. The topological polar surface area (TPSA) is 39.9 Å². The highest BCUT2D eigenvalue weighted by molar-refractivity contribution is 6.34. The summed E-state index contributed by atoms with van der Waals surface area (Å²) in [5.41, 5.74) is 6.36. The molecule has 0 aliphatic carbocycles. The van der Waals surface area contributed by atoms with E-state index in [-0.39, 0.29) is 0 Å². The Hall–Kier alpha value is -4.15. The Morgan fingerprint density at radius 3 is 2.24 bits per heavy atom. The lowest BCUT2D eigenvalue weighted by molar-refractivity contribution is 0.415. The van der Waals surface area contributed by atoms with Crippen molar-refractivity contribution in [3.8, 4) is 33.8 Å². The van der Waals surface area contributed by atoms with E-state index in [0.717, 1.165) is 55.8 Å². The summed E-state index contributed by atoms with van der Waals surface area (Å²) in [6.07, 6.45) is 0. The van der Waals surface area contributed by atoms with Crippen LogP contribution < -0.4 is 4.74 Å². The number of hydrogen-bond donors (Lipinski definition) is 0. The number of rotatable bonds is 4. The van der Waals surface area contributed by atoms with E-state index in [4.69, 9.17) is 26.4 Å². The molecule has 0 fully saturated rings. The number of methoxy groups -OCH3 is 1. The molecule has 0 aliphatic rings. The number of hydrogen-bond acceptors (Lipinski definition) is 3. The van der Waals surface area contributed by atoms with E-state index in [9.17, 15) is 0 Å². The van der Waals surface area contributed by atoms with Gasteiger partial charge in [0.05, 0.1) is 23.7 Å². The van der Waals surface area contributed by atoms with Gasteiger partial charge in [0.15, 0.2) is 5.65 Å². The molecule has 34 heavy (non-hydrogen) atoms. The van der Waals surface area contributed by atoms with Crippen LogP contribution in [-0.2, 0) is 0 Å². The van der Waals surface area contributed by atoms with Crippen LogP contribution >= 0.6 is 11.6 Å². The molecule has 6 aromatic rings. The first kappa shape index (κ1) is 20.5. The molecule has 4 nitrogen and oxygen atoms in total. The Morgan fingerprint density at radius 1 is 0.794 bits per heavy atom. The standard InChI is InChI=1S/C29H20ClN3O/c1-34-21-16-17-25-23(18-21)26(22-14-8-9-15-24(22)30)27-28(19-10-4-2-5-11-19)32-33(29(27)31-25)20-12-6-3-7-13-20/h2-18H,1H3. The summed E-state index contributed by atoms with van der Waals surface area (Å²) in [5, 5.41) is 7.67. The predicted octanol–water partition coefficient (Wildman–Crippen LogP) is 7.57. The average Bonchev–Trinajstić information content (AvgIpc) is 3.28. The Bertz CT molecular complexity index is 1640. The van der Waals surface area contributed by atoms with Crippen molar-refractivity contribution in [3.05, 3.63) is 108 Å². The lowest BCUT2D eigenvalue weighted by Crippen LogP contribution is -1.98. The van der Waals surface area contributed by atoms with Crippen LogP contribution in [0, 0.1) is 0 Å². The van der Waals surface area contributed by atoms with Crippen LogP contribution in [0.3, 0.4) is 0 Å². The molecular weight excluding hydrogens is 442 g/mol. The molecule has 0 atom stereocenters. The largest absolute Gasteiger partial charge is 0.497 e. The number of aromatic nitrogens is 3. The molecule has 6 rings (SSSR count). The van der Waals surface area contributed by atoms with Crippen molar-refractivity contribution in [2.75, 3.05) is 7.11 Å². The second-order valence-electron chi connectivity index (χ2n) is 8.01. The van der Waals surface area contributed by atoms with Crippen LogP contribution in [0.1, 0.15) is 0 Å². The van der Waals surface area contributed by atoms with Crippen molar-refractivity contribution in [2.45, 2.75) is 0 Å². The highest BCUT2D eigenvalue weighted by Gasteiger charge is 2.23. The summed E-state index contributed by atoms with van der Waals surface area (Å²) in [7, 11) is 1.67. The number of halogens is 1. The summed E-state index contributed by atoms with van der Waals surface area (Å²) in [5.74, 6) is 0.763. The van der Waals surface area contributed by atoms with Gasteiger partial charge in [-0.25, -0.2) is 9.67 Å². The van der Waals surface area contributed by atoms with E-state index >= 15 is 0 Å². The predicted molar refractivity (Wildman–Crippen MR) is 139 cm³/mol. The average molecular weight is 462 g/mol. The first-order valence-corrected chi connectivity index (χ1v) is 11.4. The van der Waals surface area contributed by atoms with Crippen molar-refractivity contribution in [2.24, 2.45) is 0 Å². The van der Waals surface area contributed by atoms with Crippen molar-refractivity contribution in [1.29, 1.82) is 0 Å². The zero-order chi connectivity index (χ0) is 23.1. The van der Waals surface area contributed by atoms with Gasteiger partial charge < -0.3 is 4.74 Å². The zero-order valence-corrected chi connectivity index (χ0v) is 19.2. The Balaban J connectivity index is 1.85. The molecule has 0 aliphatic heterocycles. The third-order valence-corrected chi connectivity index (χ3v) is 6.33. The van der Waals surface area contributed by atoms with E-state index in [1.54, 1.807) is 7.11 Å². The fourth-order valence-corrected chi connectivity index (χ4v) is 4.65. The third kappa shape index (κ3) is 3.31. The first-order chi connectivity index (χ1) is 16.7. The van der Waals surface area contributed by atoms with Gasteiger partial charge in [-0.15, -0.1) is 0 Å². The van der Waals surface area contributed by atoms with Gasteiger partial charge in [0.2, 0.25) is 0 Å². The highest BCUT2D eigenvalue weighted by Crippen LogP contribution is 2.43. The molecule has 164 valence electrons.